The van der Waals surface area contributed by atoms with Gasteiger partial charge in [0, 0.05) is 42.5 Å². The summed E-state index contributed by atoms with van der Waals surface area (Å²) < 4.78 is 7.36. The van der Waals surface area contributed by atoms with Gasteiger partial charge in [-0.25, -0.2) is 4.98 Å². The van der Waals surface area contributed by atoms with E-state index in [2.05, 4.69) is 23.1 Å². The van der Waals surface area contributed by atoms with E-state index < -0.39 is 0 Å². The highest BCUT2D eigenvalue weighted by molar-refractivity contribution is 5.71. The maximum Gasteiger partial charge on any atom is 0.158 e. The Morgan fingerprint density at radius 1 is 0.969 bits per heavy atom. The van der Waals surface area contributed by atoms with Crippen LogP contribution in [0.1, 0.15) is 25.7 Å². The van der Waals surface area contributed by atoms with Crippen molar-refractivity contribution >= 4 is 11.5 Å². The predicted molar refractivity (Wildman–Crippen MR) is 127 cm³/mol. The third-order valence-corrected chi connectivity index (χ3v) is 6.23. The zero-order valence-corrected chi connectivity index (χ0v) is 18.3. The molecule has 6 nitrogen and oxygen atoms in total. The molecular formula is C26H28N4O2. The Morgan fingerprint density at radius 2 is 1.81 bits per heavy atom. The molecule has 0 aliphatic carbocycles. The molecule has 0 unspecified atom stereocenters. The van der Waals surface area contributed by atoms with E-state index in [-0.39, 0.29) is 6.61 Å². The normalized spacial score (nSPS) is 16.4. The molecule has 1 aliphatic heterocycles. The van der Waals surface area contributed by atoms with Crippen molar-refractivity contribution in [3.63, 3.8) is 0 Å². The maximum atomic E-state index is 9.66. The SMILES string of the molecule is COc1cccc(-c2cc3nc(-c4ccccc4)cc(N4CCCC[C@H]4CCO)n3n2)c1. The monoisotopic (exact) mass is 428 g/mol. The van der Waals surface area contributed by atoms with Gasteiger partial charge in [0.2, 0.25) is 0 Å². The average Bonchev–Trinajstić information content (AvgIpc) is 3.29. The Kier molecular flexibility index (Phi) is 5.77. The van der Waals surface area contributed by atoms with Crippen molar-refractivity contribution in [1.29, 1.82) is 0 Å². The molecule has 4 aromatic rings. The standard InChI is InChI=1S/C26H28N4O2/c1-32-22-12-7-10-20(16-22)24-17-25-27-23(19-8-3-2-4-9-19)18-26(30(25)28-24)29-14-6-5-11-21(29)13-15-31/h2-4,7-10,12,16-18,21,31H,5-6,11,13-15H2,1H3/t21-/m0/s1. The smallest absolute Gasteiger partial charge is 0.158 e. The molecule has 1 N–H and O–H groups in total. The van der Waals surface area contributed by atoms with Gasteiger partial charge in [0.15, 0.2) is 5.65 Å². The summed E-state index contributed by atoms with van der Waals surface area (Å²) in [6, 6.07) is 22.7. The Hall–Kier alpha value is -3.38. The van der Waals surface area contributed by atoms with E-state index in [9.17, 15) is 5.11 Å². The second-order valence-corrected chi connectivity index (χ2v) is 8.25. The van der Waals surface area contributed by atoms with Crippen LogP contribution in [0.3, 0.4) is 0 Å². The van der Waals surface area contributed by atoms with Crippen LogP contribution in [-0.4, -0.2) is 46.0 Å². The molecule has 0 radical (unpaired) electrons. The molecular weight excluding hydrogens is 400 g/mol. The highest BCUT2D eigenvalue weighted by Crippen LogP contribution is 2.32. The quantitative estimate of drug-likeness (QED) is 0.477. The van der Waals surface area contributed by atoms with Crippen molar-refractivity contribution in [3.8, 4) is 28.3 Å². The van der Waals surface area contributed by atoms with Gasteiger partial charge >= 0.3 is 0 Å². The Morgan fingerprint density at radius 3 is 2.62 bits per heavy atom. The first-order valence-electron chi connectivity index (χ1n) is 11.2. The van der Waals surface area contributed by atoms with Crippen LogP contribution in [0.4, 0.5) is 5.82 Å². The van der Waals surface area contributed by atoms with E-state index in [1.54, 1.807) is 7.11 Å². The fourth-order valence-corrected chi connectivity index (χ4v) is 4.59. The number of benzene rings is 2. The lowest BCUT2D eigenvalue weighted by Crippen LogP contribution is -2.41. The van der Waals surface area contributed by atoms with Crippen LogP contribution in [0.2, 0.25) is 0 Å². The molecule has 3 heterocycles. The largest absolute Gasteiger partial charge is 0.497 e. The van der Waals surface area contributed by atoms with Gasteiger partial charge in [-0.3, -0.25) is 0 Å². The van der Waals surface area contributed by atoms with Gasteiger partial charge in [0.1, 0.15) is 11.6 Å². The van der Waals surface area contributed by atoms with Gasteiger partial charge in [-0.05, 0) is 37.8 Å². The minimum atomic E-state index is 0.190. The summed E-state index contributed by atoms with van der Waals surface area (Å²) in [6.07, 6.45) is 4.16. The second kappa shape index (κ2) is 9.01. The second-order valence-electron chi connectivity index (χ2n) is 8.25. The predicted octanol–water partition coefficient (Wildman–Crippen LogP) is 4.81. The summed E-state index contributed by atoms with van der Waals surface area (Å²) in [5.74, 6) is 1.83. The molecule has 0 spiro atoms. The van der Waals surface area contributed by atoms with Crippen LogP contribution in [0.25, 0.3) is 28.2 Å². The van der Waals surface area contributed by atoms with Crippen molar-refractivity contribution in [2.45, 2.75) is 31.7 Å². The number of hydrogen-bond donors (Lipinski definition) is 1. The summed E-state index contributed by atoms with van der Waals surface area (Å²) >= 11 is 0. The summed E-state index contributed by atoms with van der Waals surface area (Å²) in [6.45, 7) is 1.14. The number of ether oxygens (including phenoxy) is 1. The maximum absolute atomic E-state index is 9.66. The lowest BCUT2D eigenvalue weighted by molar-refractivity contribution is 0.262. The van der Waals surface area contributed by atoms with E-state index in [0.717, 1.165) is 65.5 Å². The van der Waals surface area contributed by atoms with E-state index >= 15 is 0 Å². The molecule has 2 aromatic heterocycles. The topological polar surface area (TPSA) is 62.9 Å². The van der Waals surface area contributed by atoms with E-state index in [0.29, 0.717) is 6.04 Å². The summed E-state index contributed by atoms with van der Waals surface area (Å²) in [5, 5.41) is 14.6. The molecule has 2 aromatic carbocycles. The molecule has 1 fully saturated rings. The number of aliphatic hydroxyl groups excluding tert-OH is 1. The first-order valence-corrected chi connectivity index (χ1v) is 11.2. The Balaban J connectivity index is 1.68. The highest BCUT2D eigenvalue weighted by Gasteiger charge is 2.26. The number of nitrogens with zero attached hydrogens (tertiary/aromatic N) is 4. The summed E-state index contributed by atoms with van der Waals surface area (Å²) in [7, 11) is 1.67. The van der Waals surface area contributed by atoms with Gasteiger partial charge in [-0.15, -0.1) is 0 Å². The molecule has 164 valence electrons. The first kappa shape index (κ1) is 20.5. The molecule has 0 saturated carbocycles. The summed E-state index contributed by atoms with van der Waals surface area (Å²) in [4.78, 5) is 7.36. The molecule has 0 amide bonds. The van der Waals surface area contributed by atoms with Crippen molar-refractivity contribution < 1.29 is 9.84 Å². The van der Waals surface area contributed by atoms with Gasteiger partial charge in [-0.2, -0.15) is 9.61 Å². The number of hydrogen-bond acceptors (Lipinski definition) is 5. The third-order valence-electron chi connectivity index (χ3n) is 6.23. The van der Waals surface area contributed by atoms with E-state index in [1.165, 1.54) is 6.42 Å². The number of methoxy groups -OCH3 is 1. The Labute approximate surface area is 188 Å². The number of anilines is 1. The minimum Gasteiger partial charge on any atom is -0.497 e. The van der Waals surface area contributed by atoms with Crippen molar-refractivity contribution in [2.24, 2.45) is 0 Å². The van der Waals surface area contributed by atoms with Crippen LogP contribution < -0.4 is 9.64 Å². The zero-order valence-electron chi connectivity index (χ0n) is 18.3. The van der Waals surface area contributed by atoms with Crippen molar-refractivity contribution in [3.05, 3.63) is 66.7 Å². The number of rotatable bonds is 6. The number of piperidine rings is 1. The molecule has 0 bridgehead atoms. The minimum absolute atomic E-state index is 0.190. The van der Waals surface area contributed by atoms with Crippen LogP contribution in [0.5, 0.6) is 5.75 Å². The fraction of sp³-hybridized carbons (Fsp3) is 0.308. The number of aromatic nitrogens is 3. The van der Waals surface area contributed by atoms with Gasteiger partial charge in [-0.1, -0.05) is 42.5 Å². The molecule has 1 saturated heterocycles. The molecule has 32 heavy (non-hydrogen) atoms. The van der Waals surface area contributed by atoms with E-state index in [4.69, 9.17) is 14.8 Å². The third kappa shape index (κ3) is 3.94. The molecule has 5 rings (SSSR count). The molecule has 1 atom stereocenters. The van der Waals surface area contributed by atoms with E-state index in [1.807, 2.05) is 53.0 Å². The molecule has 6 heteroatoms. The zero-order chi connectivity index (χ0) is 21.9. The highest BCUT2D eigenvalue weighted by atomic mass is 16.5. The number of aliphatic hydroxyl groups is 1. The van der Waals surface area contributed by atoms with Crippen LogP contribution in [0, 0.1) is 0 Å². The lowest BCUT2D eigenvalue weighted by Gasteiger charge is -2.37. The lowest BCUT2D eigenvalue weighted by atomic mass is 9.99. The van der Waals surface area contributed by atoms with Gasteiger partial charge < -0.3 is 14.7 Å². The molecule has 1 aliphatic rings. The van der Waals surface area contributed by atoms with Crippen molar-refractivity contribution in [2.75, 3.05) is 25.2 Å². The Bertz CT molecular complexity index is 1200. The van der Waals surface area contributed by atoms with Crippen LogP contribution in [0.15, 0.2) is 66.7 Å². The van der Waals surface area contributed by atoms with Gasteiger partial charge in [0.05, 0.1) is 18.5 Å². The van der Waals surface area contributed by atoms with Crippen LogP contribution in [-0.2, 0) is 0 Å². The first-order chi connectivity index (χ1) is 15.8. The fourth-order valence-electron chi connectivity index (χ4n) is 4.59. The average molecular weight is 429 g/mol. The van der Waals surface area contributed by atoms with Crippen LogP contribution >= 0.6 is 0 Å². The van der Waals surface area contributed by atoms with Gasteiger partial charge in [0.25, 0.3) is 0 Å². The van der Waals surface area contributed by atoms with Crippen molar-refractivity contribution in [1.82, 2.24) is 14.6 Å². The number of fused-ring (bicyclic) bond motifs is 1. The summed E-state index contributed by atoms with van der Waals surface area (Å²) in [5.41, 5.74) is 4.67.